The normalized spacial score (nSPS) is 10.9. The maximum Gasteiger partial charge on any atom is 0.379 e. The fraction of sp³-hybridized carbons (Fsp3) is 0.235. The molecule has 1 aromatic carbocycles. The molecule has 0 N–H and O–H groups in total. The molecule has 1 heterocycles. The Labute approximate surface area is 129 Å². The lowest BCUT2D eigenvalue weighted by Crippen LogP contribution is -2.08. The van der Waals surface area contributed by atoms with Gasteiger partial charge in [-0.25, -0.2) is 4.79 Å². The number of allylic oxidation sites excluding steroid dienone is 1. The molecule has 0 bridgehead atoms. The van der Waals surface area contributed by atoms with Crippen LogP contribution in [0.5, 0.6) is 11.5 Å². The molecule has 0 unspecified atom stereocenters. The van der Waals surface area contributed by atoms with Crippen molar-refractivity contribution in [1.29, 1.82) is 0 Å². The SMILES string of the molecule is C/C=C/c1ccc(OC(=O)c2ccc(COC)o2)c(OC)c1. The summed E-state index contributed by atoms with van der Waals surface area (Å²) in [5.74, 6) is 0.911. The molecule has 0 fully saturated rings. The number of hydrogen-bond acceptors (Lipinski definition) is 5. The summed E-state index contributed by atoms with van der Waals surface area (Å²) in [5, 5.41) is 0. The van der Waals surface area contributed by atoms with Gasteiger partial charge in [0.1, 0.15) is 12.4 Å². The van der Waals surface area contributed by atoms with E-state index in [1.165, 1.54) is 7.11 Å². The van der Waals surface area contributed by atoms with Gasteiger partial charge in [-0.1, -0.05) is 18.2 Å². The Morgan fingerprint density at radius 1 is 1.18 bits per heavy atom. The molecule has 0 saturated heterocycles. The van der Waals surface area contributed by atoms with Gasteiger partial charge in [0, 0.05) is 7.11 Å². The van der Waals surface area contributed by atoms with E-state index in [9.17, 15) is 4.79 Å². The Morgan fingerprint density at radius 2 is 2.00 bits per heavy atom. The molecule has 0 amide bonds. The van der Waals surface area contributed by atoms with Gasteiger partial charge < -0.3 is 18.6 Å². The molecule has 0 aliphatic rings. The summed E-state index contributed by atoms with van der Waals surface area (Å²) in [7, 11) is 3.08. The van der Waals surface area contributed by atoms with E-state index in [-0.39, 0.29) is 5.76 Å². The summed E-state index contributed by atoms with van der Waals surface area (Å²) >= 11 is 0. The molecule has 116 valence electrons. The lowest BCUT2D eigenvalue weighted by molar-refractivity contribution is 0.0688. The highest BCUT2D eigenvalue weighted by atomic mass is 16.6. The van der Waals surface area contributed by atoms with Crippen LogP contribution in [0.4, 0.5) is 0 Å². The van der Waals surface area contributed by atoms with Crippen LogP contribution in [0.1, 0.15) is 28.8 Å². The summed E-state index contributed by atoms with van der Waals surface area (Å²) in [5.41, 5.74) is 0.958. The quantitative estimate of drug-likeness (QED) is 0.601. The molecule has 1 aromatic heterocycles. The molecular weight excluding hydrogens is 284 g/mol. The van der Waals surface area contributed by atoms with Crippen LogP contribution in [0, 0.1) is 0 Å². The van der Waals surface area contributed by atoms with Gasteiger partial charge in [-0.3, -0.25) is 0 Å². The summed E-state index contributed by atoms with van der Waals surface area (Å²) in [6.45, 7) is 2.23. The predicted octanol–water partition coefficient (Wildman–Crippen LogP) is 3.69. The predicted molar refractivity (Wildman–Crippen MR) is 82.1 cm³/mol. The molecule has 2 aromatic rings. The maximum atomic E-state index is 12.1. The zero-order valence-electron chi connectivity index (χ0n) is 12.8. The number of methoxy groups -OCH3 is 2. The Hall–Kier alpha value is -2.53. The van der Waals surface area contributed by atoms with Crippen LogP contribution in [-0.2, 0) is 11.3 Å². The maximum absolute atomic E-state index is 12.1. The molecular formula is C17H18O5. The number of esters is 1. The molecule has 0 aliphatic carbocycles. The summed E-state index contributed by atoms with van der Waals surface area (Å²) < 4.78 is 20.9. The van der Waals surface area contributed by atoms with Crippen LogP contribution >= 0.6 is 0 Å². The molecule has 22 heavy (non-hydrogen) atoms. The van der Waals surface area contributed by atoms with Crippen molar-refractivity contribution in [2.75, 3.05) is 14.2 Å². The minimum Gasteiger partial charge on any atom is -0.493 e. The number of ether oxygens (including phenoxy) is 3. The minimum atomic E-state index is -0.584. The summed E-state index contributed by atoms with van der Waals surface area (Å²) in [4.78, 5) is 12.1. The third-order valence-corrected chi connectivity index (χ3v) is 2.90. The average molecular weight is 302 g/mol. The highest BCUT2D eigenvalue weighted by molar-refractivity contribution is 5.88. The van der Waals surface area contributed by atoms with E-state index in [0.29, 0.717) is 23.9 Å². The topological polar surface area (TPSA) is 57.9 Å². The van der Waals surface area contributed by atoms with Crippen molar-refractivity contribution in [3.63, 3.8) is 0 Å². The zero-order chi connectivity index (χ0) is 15.9. The van der Waals surface area contributed by atoms with Gasteiger partial charge in [0.25, 0.3) is 0 Å². The second kappa shape index (κ2) is 7.47. The first-order valence-corrected chi connectivity index (χ1v) is 6.78. The largest absolute Gasteiger partial charge is 0.493 e. The zero-order valence-corrected chi connectivity index (χ0v) is 12.8. The van der Waals surface area contributed by atoms with E-state index in [2.05, 4.69) is 0 Å². The highest BCUT2D eigenvalue weighted by Crippen LogP contribution is 2.29. The lowest BCUT2D eigenvalue weighted by Gasteiger charge is -2.09. The Kier molecular flexibility index (Phi) is 5.38. The van der Waals surface area contributed by atoms with Gasteiger partial charge in [0.05, 0.1) is 7.11 Å². The lowest BCUT2D eigenvalue weighted by atomic mass is 10.2. The first kappa shape index (κ1) is 15.9. The first-order chi connectivity index (χ1) is 10.7. The second-order valence-electron chi connectivity index (χ2n) is 4.50. The van der Waals surface area contributed by atoms with Gasteiger partial charge in [-0.2, -0.15) is 0 Å². The Morgan fingerprint density at radius 3 is 2.68 bits per heavy atom. The van der Waals surface area contributed by atoms with Crippen LogP contribution in [0.3, 0.4) is 0 Å². The molecule has 5 heteroatoms. The second-order valence-corrected chi connectivity index (χ2v) is 4.50. The smallest absolute Gasteiger partial charge is 0.379 e. The monoisotopic (exact) mass is 302 g/mol. The molecule has 2 rings (SSSR count). The number of hydrogen-bond donors (Lipinski definition) is 0. The van der Waals surface area contributed by atoms with E-state index in [1.807, 2.05) is 25.1 Å². The molecule has 0 radical (unpaired) electrons. The number of carbonyl (C=O) groups is 1. The first-order valence-electron chi connectivity index (χ1n) is 6.78. The third-order valence-electron chi connectivity index (χ3n) is 2.90. The van der Waals surface area contributed by atoms with Gasteiger partial charge in [0.2, 0.25) is 5.76 Å². The third kappa shape index (κ3) is 3.77. The van der Waals surface area contributed by atoms with Crippen LogP contribution < -0.4 is 9.47 Å². The van der Waals surface area contributed by atoms with Crippen molar-refractivity contribution in [2.45, 2.75) is 13.5 Å². The molecule has 5 nitrogen and oxygen atoms in total. The van der Waals surface area contributed by atoms with Gasteiger partial charge in [-0.15, -0.1) is 0 Å². The highest BCUT2D eigenvalue weighted by Gasteiger charge is 2.16. The van der Waals surface area contributed by atoms with E-state index < -0.39 is 5.97 Å². The van der Waals surface area contributed by atoms with Crippen molar-refractivity contribution < 1.29 is 23.4 Å². The average Bonchev–Trinajstić information content (AvgIpc) is 2.98. The Bertz CT molecular complexity index is 669. The number of carbonyl (C=O) groups excluding carboxylic acids is 1. The number of furan rings is 1. The van der Waals surface area contributed by atoms with Crippen molar-refractivity contribution in [3.05, 3.63) is 53.5 Å². The van der Waals surface area contributed by atoms with E-state index >= 15 is 0 Å². The van der Waals surface area contributed by atoms with Crippen molar-refractivity contribution in [2.24, 2.45) is 0 Å². The van der Waals surface area contributed by atoms with Crippen molar-refractivity contribution in [1.82, 2.24) is 0 Å². The van der Waals surface area contributed by atoms with E-state index in [1.54, 1.807) is 31.4 Å². The van der Waals surface area contributed by atoms with E-state index in [0.717, 1.165) is 5.56 Å². The summed E-state index contributed by atoms with van der Waals surface area (Å²) in [6, 6.07) is 8.54. The molecule has 0 atom stereocenters. The molecule has 0 saturated carbocycles. The van der Waals surface area contributed by atoms with Gasteiger partial charge >= 0.3 is 5.97 Å². The fourth-order valence-electron chi connectivity index (χ4n) is 1.92. The fourth-order valence-corrected chi connectivity index (χ4v) is 1.92. The van der Waals surface area contributed by atoms with Crippen LogP contribution in [0.2, 0.25) is 0 Å². The van der Waals surface area contributed by atoms with Crippen LogP contribution in [0.15, 0.2) is 40.8 Å². The number of rotatable bonds is 6. The van der Waals surface area contributed by atoms with Gasteiger partial charge in [0.15, 0.2) is 11.5 Å². The Balaban J connectivity index is 2.16. The van der Waals surface area contributed by atoms with Crippen molar-refractivity contribution >= 4 is 12.0 Å². The van der Waals surface area contributed by atoms with Crippen molar-refractivity contribution in [3.8, 4) is 11.5 Å². The molecule has 0 aliphatic heterocycles. The van der Waals surface area contributed by atoms with Gasteiger partial charge in [-0.05, 0) is 36.8 Å². The summed E-state index contributed by atoms with van der Waals surface area (Å²) in [6.07, 6.45) is 3.85. The minimum absolute atomic E-state index is 0.117. The van der Waals surface area contributed by atoms with Crippen LogP contribution in [-0.4, -0.2) is 20.2 Å². The standard InChI is InChI=1S/C17H18O5/c1-4-5-12-6-8-14(16(10-12)20-3)22-17(18)15-9-7-13(21-15)11-19-2/h4-10H,11H2,1-3H3/b5-4+. The molecule has 0 spiro atoms. The van der Waals surface area contributed by atoms with E-state index in [4.69, 9.17) is 18.6 Å². The van der Waals surface area contributed by atoms with Crippen LogP contribution in [0.25, 0.3) is 6.08 Å². The number of benzene rings is 1.